The predicted molar refractivity (Wildman–Crippen MR) is 103 cm³/mol. The Labute approximate surface area is 158 Å². The highest BCUT2D eigenvalue weighted by Gasteiger charge is 2.15. The van der Waals surface area contributed by atoms with Crippen molar-refractivity contribution in [2.45, 2.75) is 13.5 Å². The molecule has 6 nitrogen and oxygen atoms in total. The quantitative estimate of drug-likeness (QED) is 0.532. The van der Waals surface area contributed by atoms with Crippen LogP contribution in [-0.4, -0.2) is 38.8 Å². The highest BCUT2D eigenvalue weighted by molar-refractivity contribution is 6.07. The summed E-state index contributed by atoms with van der Waals surface area (Å²) in [4.78, 5) is 12.5. The summed E-state index contributed by atoms with van der Waals surface area (Å²) in [5, 5.41) is 10.0. The van der Waals surface area contributed by atoms with Crippen molar-refractivity contribution < 1.29 is 28.8 Å². The molecule has 0 heterocycles. The van der Waals surface area contributed by atoms with Crippen LogP contribution in [-0.2, 0) is 11.3 Å². The molecule has 0 amide bonds. The standard InChI is InChI=1S/C21H24O6/c1-5-27-13-15-8-6-14(10-18(15)23)7-9-17(22)16-11-19(24-2)21(26-4)20(12-16)25-3/h6-12,23H,5,13H2,1-4H3/b9-7+. The van der Waals surface area contributed by atoms with Gasteiger partial charge < -0.3 is 24.1 Å². The van der Waals surface area contributed by atoms with E-state index in [-0.39, 0.29) is 11.5 Å². The van der Waals surface area contributed by atoms with Gasteiger partial charge in [-0.25, -0.2) is 0 Å². The third-order valence-electron chi connectivity index (χ3n) is 3.95. The molecule has 2 aromatic carbocycles. The van der Waals surface area contributed by atoms with Crippen LogP contribution in [0.25, 0.3) is 6.08 Å². The van der Waals surface area contributed by atoms with E-state index in [2.05, 4.69) is 0 Å². The van der Waals surface area contributed by atoms with Crippen molar-refractivity contribution in [3.8, 4) is 23.0 Å². The van der Waals surface area contributed by atoms with Crippen molar-refractivity contribution in [3.63, 3.8) is 0 Å². The van der Waals surface area contributed by atoms with Gasteiger partial charge in [0, 0.05) is 17.7 Å². The SMILES string of the molecule is CCOCc1ccc(/C=C/C(=O)c2cc(OC)c(OC)c(OC)c2)cc1O. The van der Waals surface area contributed by atoms with E-state index in [1.54, 1.807) is 30.3 Å². The maximum atomic E-state index is 12.5. The number of rotatable bonds is 9. The molecule has 1 N–H and O–H groups in total. The Bertz CT molecular complexity index is 800. The number of hydrogen-bond acceptors (Lipinski definition) is 6. The summed E-state index contributed by atoms with van der Waals surface area (Å²) in [7, 11) is 4.49. The third-order valence-corrected chi connectivity index (χ3v) is 3.95. The predicted octanol–water partition coefficient (Wildman–Crippen LogP) is 3.85. The minimum Gasteiger partial charge on any atom is -0.508 e. The number of allylic oxidation sites excluding steroid dienone is 1. The van der Waals surface area contributed by atoms with Crippen LogP contribution in [0.3, 0.4) is 0 Å². The second-order valence-corrected chi connectivity index (χ2v) is 5.64. The molecule has 2 rings (SSSR count). The van der Waals surface area contributed by atoms with Crippen LogP contribution in [0.2, 0.25) is 0 Å². The number of carbonyl (C=O) groups excluding carboxylic acids is 1. The fourth-order valence-corrected chi connectivity index (χ4v) is 2.51. The lowest BCUT2D eigenvalue weighted by Gasteiger charge is -2.13. The fraction of sp³-hybridized carbons (Fsp3) is 0.286. The van der Waals surface area contributed by atoms with Gasteiger partial charge in [-0.05, 0) is 36.8 Å². The van der Waals surface area contributed by atoms with Crippen LogP contribution in [0.1, 0.15) is 28.4 Å². The van der Waals surface area contributed by atoms with Crippen molar-refractivity contribution in [1.82, 2.24) is 0 Å². The molecule has 0 aliphatic heterocycles. The minimum atomic E-state index is -0.230. The number of hydrogen-bond donors (Lipinski definition) is 1. The lowest BCUT2D eigenvalue weighted by atomic mass is 10.1. The van der Waals surface area contributed by atoms with Gasteiger partial charge in [0.15, 0.2) is 17.3 Å². The summed E-state index contributed by atoms with van der Waals surface area (Å²) in [5.41, 5.74) is 1.80. The first-order valence-electron chi connectivity index (χ1n) is 8.46. The number of ketones is 1. The molecule has 27 heavy (non-hydrogen) atoms. The summed E-state index contributed by atoms with van der Waals surface area (Å²) < 4.78 is 21.1. The van der Waals surface area contributed by atoms with Crippen molar-refractivity contribution in [1.29, 1.82) is 0 Å². The molecule has 0 radical (unpaired) electrons. The minimum absolute atomic E-state index is 0.130. The van der Waals surface area contributed by atoms with Crippen LogP contribution >= 0.6 is 0 Å². The van der Waals surface area contributed by atoms with Gasteiger partial charge in [-0.3, -0.25) is 4.79 Å². The monoisotopic (exact) mass is 372 g/mol. The molecule has 6 heteroatoms. The normalized spacial score (nSPS) is 10.8. The van der Waals surface area contributed by atoms with Crippen molar-refractivity contribution in [2.24, 2.45) is 0 Å². The Balaban J connectivity index is 2.23. The molecule has 0 atom stereocenters. The first-order valence-corrected chi connectivity index (χ1v) is 8.46. The van der Waals surface area contributed by atoms with Gasteiger partial charge in [0.25, 0.3) is 0 Å². The van der Waals surface area contributed by atoms with E-state index in [1.165, 1.54) is 27.4 Å². The number of methoxy groups -OCH3 is 3. The Kier molecular flexibility index (Phi) is 7.25. The van der Waals surface area contributed by atoms with E-state index in [9.17, 15) is 9.90 Å². The van der Waals surface area contributed by atoms with Crippen molar-refractivity contribution in [3.05, 3.63) is 53.1 Å². The molecule has 0 saturated heterocycles. The lowest BCUT2D eigenvalue weighted by Crippen LogP contribution is -2.00. The van der Waals surface area contributed by atoms with Crippen LogP contribution in [0.5, 0.6) is 23.0 Å². The molecule has 0 fully saturated rings. The molecule has 2 aromatic rings. The van der Waals surface area contributed by atoms with Crippen LogP contribution < -0.4 is 14.2 Å². The van der Waals surface area contributed by atoms with Gasteiger partial charge in [0.2, 0.25) is 5.75 Å². The number of ether oxygens (including phenoxy) is 4. The zero-order chi connectivity index (χ0) is 19.8. The van der Waals surface area contributed by atoms with Crippen LogP contribution in [0.4, 0.5) is 0 Å². The first kappa shape index (κ1) is 20.3. The topological polar surface area (TPSA) is 74.2 Å². The lowest BCUT2D eigenvalue weighted by molar-refractivity contribution is 0.104. The number of aromatic hydroxyl groups is 1. The molecule has 0 aliphatic rings. The van der Waals surface area contributed by atoms with Crippen molar-refractivity contribution >= 4 is 11.9 Å². The summed E-state index contributed by atoms with van der Waals surface area (Å²) in [6, 6.07) is 8.36. The van der Waals surface area contributed by atoms with Gasteiger partial charge in [0.1, 0.15) is 5.75 Å². The molecule has 0 unspecified atom stereocenters. The highest BCUT2D eigenvalue weighted by Crippen LogP contribution is 2.38. The molecule has 144 valence electrons. The summed E-state index contributed by atoms with van der Waals surface area (Å²) in [6.07, 6.45) is 3.06. The van der Waals surface area contributed by atoms with E-state index in [0.29, 0.717) is 47.2 Å². The average molecular weight is 372 g/mol. The Morgan fingerprint density at radius 2 is 1.70 bits per heavy atom. The Morgan fingerprint density at radius 3 is 2.22 bits per heavy atom. The number of carbonyl (C=O) groups is 1. The Hall–Kier alpha value is -2.99. The third kappa shape index (κ3) is 5.01. The van der Waals surface area contributed by atoms with Gasteiger partial charge in [-0.2, -0.15) is 0 Å². The number of benzene rings is 2. The van der Waals surface area contributed by atoms with Crippen LogP contribution in [0.15, 0.2) is 36.4 Å². The molecule has 0 spiro atoms. The van der Waals surface area contributed by atoms with Gasteiger partial charge in [-0.1, -0.05) is 18.2 Å². The second kappa shape index (κ2) is 9.64. The highest BCUT2D eigenvalue weighted by atomic mass is 16.5. The Morgan fingerprint density at radius 1 is 1.04 bits per heavy atom. The van der Waals surface area contributed by atoms with Crippen molar-refractivity contribution in [2.75, 3.05) is 27.9 Å². The molecule has 0 bridgehead atoms. The van der Waals surface area contributed by atoms with E-state index < -0.39 is 0 Å². The maximum Gasteiger partial charge on any atom is 0.203 e. The smallest absolute Gasteiger partial charge is 0.203 e. The van der Waals surface area contributed by atoms with E-state index in [0.717, 1.165) is 0 Å². The van der Waals surface area contributed by atoms with E-state index in [1.807, 2.05) is 13.0 Å². The van der Waals surface area contributed by atoms with E-state index in [4.69, 9.17) is 18.9 Å². The zero-order valence-electron chi connectivity index (χ0n) is 15.9. The van der Waals surface area contributed by atoms with E-state index >= 15 is 0 Å². The zero-order valence-corrected chi connectivity index (χ0v) is 15.9. The molecule has 0 aromatic heterocycles. The van der Waals surface area contributed by atoms with Gasteiger partial charge >= 0.3 is 0 Å². The summed E-state index contributed by atoms with van der Waals surface area (Å²) >= 11 is 0. The molecular formula is C21H24O6. The molecular weight excluding hydrogens is 348 g/mol. The number of phenols is 1. The second-order valence-electron chi connectivity index (χ2n) is 5.64. The summed E-state index contributed by atoms with van der Waals surface area (Å²) in [5.74, 6) is 1.14. The average Bonchev–Trinajstić information content (AvgIpc) is 2.69. The summed E-state index contributed by atoms with van der Waals surface area (Å²) in [6.45, 7) is 2.81. The largest absolute Gasteiger partial charge is 0.508 e. The molecule has 0 aliphatic carbocycles. The van der Waals surface area contributed by atoms with Gasteiger partial charge in [0.05, 0.1) is 27.9 Å². The van der Waals surface area contributed by atoms with Gasteiger partial charge in [-0.15, -0.1) is 0 Å². The first-order chi connectivity index (χ1) is 13.0. The number of phenolic OH excluding ortho intramolecular Hbond substituents is 1. The molecule has 0 saturated carbocycles. The maximum absolute atomic E-state index is 12.5. The van der Waals surface area contributed by atoms with Crippen LogP contribution in [0, 0.1) is 0 Å². The fourth-order valence-electron chi connectivity index (χ4n) is 2.51.